The first-order valence-electron chi connectivity index (χ1n) is 10.5. The standard InChI is InChI=1S/C25H30F2O/c1-2-3-4-5-6-18-28-22-16-14-20(15-17-22)19-10-12-21(13-11-19)23-8-7-9-24(26)25(23)27/h7-9,12,14-17,19H,2-6,10-11,13,18H2,1H3. The van der Waals surface area contributed by atoms with Crippen molar-refractivity contribution in [3.63, 3.8) is 0 Å². The minimum Gasteiger partial charge on any atom is -0.494 e. The summed E-state index contributed by atoms with van der Waals surface area (Å²) in [5.41, 5.74) is 2.60. The molecule has 0 radical (unpaired) electrons. The van der Waals surface area contributed by atoms with Crippen molar-refractivity contribution in [1.29, 1.82) is 0 Å². The fourth-order valence-corrected chi connectivity index (χ4v) is 3.87. The molecule has 2 aromatic rings. The molecule has 150 valence electrons. The predicted molar refractivity (Wildman–Crippen MR) is 112 cm³/mol. The third-order valence-corrected chi connectivity index (χ3v) is 5.58. The smallest absolute Gasteiger partial charge is 0.166 e. The Labute approximate surface area is 167 Å². The lowest BCUT2D eigenvalue weighted by molar-refractivity contribution is 0.304. The van der Waals surface area contributed by atoms with E-state index in [2.05, 4.69) is 25.1 Å². The normalized spacial score (nSPS) is 16.7. The average Bonchev–Trinajstić information content (AvgIpc) is 2.73. The van der Waals surface area contributed by atoms with E-state index in [0.717, 1.165) is 43.6 Å². The van der Waals surface area contributed by atoms with Crippen molar-refractivity contribution in [1.82, 2.24) is 0 Å². The van der Waals surface area contributed by atoms with Crippen molar-refractivity contribution < 1.29 is 13.5 Å². The number of rotatable bonds is 9. The number of hydrogen-bond acceptors (Lipinski definition) is 1. The van der Waals surface area contributed by atoms with E-state index in [1.807, 2.05) is 12.1 Å². The minimum atomic E-state index is -0.776. The van der Waals surface area contributed by atoms with Crippen LogP contribution in [0.15, 0.2) is 48.5 Å². The van der Waals surface area contributed by atoms with E-state index in [9.17, 15) is 8.78 Å². The highest BCUT2D eigenvalue weighted by molar-refractivity contribution is 5.67. The van der Waals surface area contributed by atoms with Gasteiger partial charge in [-0.1, -0.05) is 62.9 Å². The van der Waals surface area contributed by atoms with Gasteiger partial charge in [0.05, 0.1) is 6.61 Å². The maximum absolute atomic E-state index is 14.0. The SMILES string of the molecule is CCCCCCCOc1ccc(C2CC=C(c3cccc(F)c3F)CC2)cc1. The van der Waals surface area contributed by atoms with Crippen LogP contribution in [0.5, 0.6) is 5.75 Å². The Balaban J connectivity index is 1.51. The summed E-state index contributed by atoms with van der Waals surface area (Å²) in [6.45, 7) is 3.00. The Morgan fingerprint density at radius 1 is 0.964 bits per heavy atom. The van der Waals surface area contributed by atoms with Crippen molar-refractivity contribution in [3.05, 3.63) is 71.3 Å². The highest BCUT2D eigenvalue weighted by Gasteiger charge is 2.20. The number of ether oxygens (including phenoxy) is 1. The van der Waals surface area contributed by atoms with E-state index in [0.29, 0.717) is 11.5 Å². The Bertz CT molecular complexity index is 780. The van der Waals surface area contributed by atoms with Crippen LogP contribution in [0.25, 0.3) is 5.57 Å². The first-order chi connectivity index (χ1) is 13.7. The molecule has 3 heteroatoms. The van der Waals surface area contributed by atoms with Crippen molar-refractivity contribution in [3.8, 4) is 5.75 Å². The van der Waals surface area contributed by atoms with Gasteiger partial charge in [-0.05, 0) is 60.9 Å². The van der Waals surface area contributed by atoms with Crippen LogP contribution in [-0.4, -0.2) is 6.61 Å². The molecule has 0 bridgehead atoms. The van der Waals surface area contributed by atoms with E-state index in [1.165, 1.54) is 37.3 Å². The predicted octanol–water partition coefficient (Wildman–Crippen LogP) is 7.67. The molecule has 0 saturated carbocycles. The van der Waals surface area contributed by atoms with Gasteiger partial charge in [0.1, 0.15) is 5.75 Å². The van der Waals surface area contributed by atoms with Gasteiger partial charge in [-0.3, -0.25) is 0 Å². The van der Waals surface area contributed by atoms with Crippen LogP contribution in [0.1, 0.15) is 75.3 Å². The highest BCUT2D eigenvalue weighted by atomic mass is 19.2. The fraction of sp³-hybridized carbons (Fsp3) is 0.440. The second-order valence-electron chi connectivity index (χ2n) is 7.63. The monoisotopic (exact) mass is 384 g/mol. The van der Waals surface area contributed by atoms with E-state index in [1.54, 1.807) is 12.1 Å². The number of benzene rings is 2. The van der Waals surface area contributed by atoms with Crippen LogP contribution >= 0.6 is 0 Å². The Hall–Kier alpha value is -2.16. The molecule has 0 N–H and O–H groups in total. The Kier molecular flexibility index (Phi) is 7.64. The van der Waals surface area contributed by atoms with Crippen molar-refractivity contribution in [2.75, 3.05) is 6.61 Å². The fourth-order valence-electron chi connectivity index (χ4n) is 3.87. The largest absolute Gasteiger partial charge is 0.494 e. The van der Waals surface area contributed by atoms with Crippen LogP contribution in [0.4, 0.5) is 8.78 Å². The molecule has 3 rings (SSSR count). The van der Waals surface area contributed by atoms with Gasteiger partial charge in [-0.2, -0.15) is 0 Å². The molecular formula is C25H30F2O. The lowest BCUT2D eigenvalue weighted by atomic mass is 9.82. The summed E-state index contributed by atoms with van der Waals surface area (Å²) in [6.07, 6.45) is 10.8. The quantitative estimate of drug-likeness (QED) is 0.403. The number of allylic oxidation sites excluding steroid dienone is 2. The van der Waals surface area contributed by atoms with Gasteiger partial charge in [0.25, 0.3) is 0 Å². The Morgan fingerprint density at radius 2 is 1.75 bits per heavy atom. The zero-order chi connectivity index (χ0) is 19.8. The van der Waals surface area contributed by atoms with Gasteiger partial charge in [0.15, 0.2) is 11.6 Å². The minimum absolute atomic E-state index is 0.404. The summed E-state index contributed by atoms with van der Waals surface area (Å²) in [4.78, 5) is 0. The van der Waals surface area contributed by atoms with Gasteiger partial charge in [0, 0.05) is 5.56 Å². The van der Waals surface area contributed by atoms with Crippen molar-refractivity contribution >= 4 is 5.57 Å². The maximum Gasteiger partial charge on any atom is 0.166 e. The first kappa shape index (κ1) is 20.6. The Morgan fingerprint density at radius 3 is 2.46 bits per heavy atom. The van der Waals surface area contributed by atoms with Gasteiger partial charge in [-0.15, -0.1) is 0 Å². The molecule has 0 saturated heterocycles. The van der Waals surface area contributed by atoms with Gasteiger partial charge in [-0.25, -0.2) is 8.78 Å². The molecule has 2 aromatic carbocycles. The molecule has 0 aliphatic heterocycles. The molecule has 1 aliphatic carbocycles. The number of hydrogen-bond donors (Lipinski definition) is 0. The van der Waals surface area contributed by atoms with E-state index >= 15 is 0 Å². The average molecular weight is 385 g/mol. The molecule has 1 nitrogen and oxygen atoms in total. The molecule has 0 amide bonds. The van der Waals surface area contributed by atoms with Crippen molar-refractivity contribution in [2.45, 2.75) is 64.2 Å². The molecule has 0 aromatic heterocycles. The topological polar surface area (TPSA) is 9.23 Å². The van der Waals surface area contributed by atoms with Crippen LogP contribution in [0.2, 0.25) is 0 Å². The van der Waals surface area contributed by atoms with Crippen LogP contribution in [-0.2, 0) is 0 Å². The molecule has 1 unspecified atom stereocenters. The van der Waals surface area contributed by atoms with Crippen LogP contribution in [0, 0.1) is 11.6 Å². The molecule has 1 aliphatic rings. The lowest BCUT2D eigenvalue weighted by Gasteiger charge is -2.23. The molecule has 0 fully saturated rings. The molecule has 1 atom stereocenters. The van der Waals surface area contributed by atoms with E-state index in [-0.39, 0.29) is 0 Å². The zero-order valence-corrected chi connectivity index (χ0v) is 16.7. The second-order valence-corrected chi connectivity index (χ2v) is 7.63. The molecule has 28 heavy (non-hydrogen) atoms. The second kappa shape index (κ2) is 10.4. The molecule has 0 spiro atoms. The lowest BCUT2D eigenvalue weighted by Crippen LogP contribution is -2.05. The van der Waals surface area contributed by atoms with Gasteiger partial charge in [0.2, 0.25) is 0 Å². The zero-order valence-electron chi connectivity index (χ0n) is 16.7. The van der Waals surface area contributed by atoms with E-state index in [4.69, 9.17) is 4.74 Å². The summed E-state index contributed by atoms with van der Waals surface area (Å²) in [5.74, 6) is -0.165. The summed E-state index contributed by atoms with van der Waals surface area (Å²) >= 11 is 0. The summed E-state index contributed by atoms with van der Waals surface area (Å²) in [7, 11) is 0. The third-order valence-electron chi connectivity index (χ3n) is 5.58. The number of unbranched alkanes of at least 4 members (excludes halogenated alkanes) is 4. The van der Waals surface area contributed by atoms with Gasteiger partial charge < -0.3 is 4.74 Å². The van der Waals surface area contributed by atoms with E-state index < -0.39 is 11.6 Å². The first-order valence-corrected chi connectivity index (χ1v) is 10.5. The number of halogens is 2. The van der Waals surface area contributed by atoms with Crippen LogP contribution in [0.3, 0.4) is 0 Å². The third kappa shape index (κ3) is 5.43. The van der Waals surface area contributed by atoms with Gasteiger partial charge >= 0.3 is 0 Å². The molecular weight excluding hydrogens is 354 g/mol. The van der Waals surface area contributed by atoms with Crippen LogP contribution < -0.4 is 4.74 Å². The maximum atomic E-state index is 14.0. The highest BCUT2D eigenvalue weighted by Crippen LogP contribution is 2.37. The summed E-state index contributed by atoms with van der Waals surface area (Å²) in [5, 5.41) is 0. The summed E-state index contributed by atoms with van der Waals surface area (Å²) < 4.78 is 33.3. The summed E-state index contributed by atoms with van der Waals surface area (Å²) in [6, 6.07) is 12.8. The van der Waals surface area contributed by atoms with Crippen molar-refractivity contribution in [2.24, 2.45) is 0 Å². The molecule has 0 heterocycles.